The van der Waals surface area contributed by atoms with E-state index in [0.717, 1.165) is 35.7 Å². The molecule has 1 heterocycles. The van der Waals surface area contributed by atoms with Gasteiger partial charge in [0.1, 0.15) is 0 Å². The summed E-state index contributed by atoms with van der Waals surface area (Å²) in [7, 11) is 0. The Balaban J connectivity index is 2.18. The number of thiocarbonyl (C=S) groups is 1. The van der Waals surface area contributed by atoms with Crippen molar-refractivity contribution in [2.24, 2.45) is 0 Å². The zero-order chi connectivity index (χ0) is 12.3. The summed E-state index contributed by atoms with van der Waals surface area (Å²) in [4.78, 5) is 3.55. The minimum Gasteiger partial charge on any atom is -0.315 e. The van der Waals surface area contributed by atoms with E-state index in [1.165, 1.54) is 11.3 Å². The summed E-state index contributed by atoms with van der Waals surface area (Å²) >= 11 is 11.6. The second-order valence-electron chi connectivity index (χ2n) is 4.20. The van der Waals surface area contributed by atoms with Crippen LogP contribution in [0.5, 0.6) is 0 Å². The maximum absolute atomic E-state index is 6.21. The lowest BCUT2D eigenvalue weighted by Crippen LogP contribution is -3.17. The third kappa shape index (κ3) is 2.89. The second kappa shape index (κ2) is 5.67. The highest BCUT2D eigenvalue weighted by atomic mass is 35.5. The van der Waals surface area contributed by atoms with E-state index in [0.29, 0.717) is 0 Å². The Labute approximate surface area is 112 Å². The first-order valence-electron chi connectivity index (χ1n) is 5.86. The van der Waals surface area contributed by atoms with Gasteiger partial charge in [-0.25, -0.2) is 0 Å². The molecule has 0 amide bonds. The first-order chi connectivity index (χ1) is 8.22. The second-order valence-corrected chi connectivity index (χ2v) is 4.99. The molecular formula is C12H17ClN3S+. The van der Waals surface area contributed by atoms with Gasteiger partial charge in [0.25, 0.3) is 0 Å². The highest BCUT2D eigenvalue weighted by Crippen LogP contribution is 2.24. The molecule has 92 valence electrons. The van der Waals surface area contributed by atoms with Crippen LogP contribution in [0.15, 0.2) is 24.3 Å². The number of benzene rings is 1. The summed E-state index contributed by atoms with van der Waals surface area (Å²) in [6.07, 6.45) is 1.17. The van der Waals surface area contributed by atoms with E-state index < -0.39 is 0 Å². The number of para-hydroxylation sites is 1. The number of hydrogen-bond donors (Lipinski definition) is 2. The van der Waals surface area contributed by atoms with Crippen molar-refractivity contribution in [3.05, 3.63) is 29.3 Å². The number of nitrogens with one attached hydrogen (secondary N) is 2. The van der Waals surface area contributed by atoms with Gasteiger partial charge in [-0.3, -0.25) is 4.90 Å². The topological polar surface area (TPSA) is 19.7 Å². The lowest BCUT2D eigenvalue weighted by Gasteiger charge is -2.35. The van der Waals surface area contributed by atoms with Crippen LogP contribution in [0.25, 0.3) is 0 Å². The summed E-state index contributed by atoms with van der Waals surface area (Å²) in [5.41, 5.74) is 0.986. The molecule has 2 rings (SSSR count). The van der Waals surface area contributed by atoms with Crippen LogP contribution in [-0.2, 0) is 0 Å². The van der Waals surface area contributed by atoms with Crippen molar-refractivity contribution >= 4 is 34.6 Å². The Hall–Kier alpha value is -0.840. The van der Waals surface area contributed by atoms with Gasteiger partial charge in [0.05, 0.1) is 17.3 Å². The minimum atomic E-state index is 0.745. The molecule has 2 N–H and O–H groups in total. The SMILES string of the molecule is CCC[NH+]1CNC(=S)N(c2ccccc2Cl)C1. The molecule has 1 aliphatic heterocycles. The van der Waals surface area contributed by atoms with Crippen LogP contribution in [0.1, 0.15) is 13.3 Å². The zero-order valence-corrected chi connectivity index (χ0v) is 11.4. The van der Waals surface area contributed by atoms with Crippen molar-refractivity contribution in [2.75, 3.05) is 24.8 Å². The summed E-state index contributed by atoms with van der Waals surface area (Å²) in [6, 6.07) is 7.82. The maximum atomic E-state index is 6.21. The van der Waals surface area contributed by atoms with Crippen LogP contribution in [0.4, 0.5) is 5.69 Å². The third-order valence-corrected chi connectivity index (χ3v) is 3.55. The average Bonchev–Trinajstić information content (AvgIpc) is 2.33. The minimum absolute atomic E-state index is 0.745. The number of anilines is 1. The maximum Gasteiger partial charge on any atom is 0.182 e. The third-order valence-electron chi connectivity index (χ3n) is 2.86. The Morgan fingerprint density at radius 2 is 2.24 bits per heavy atom. The van der Waals surface area contributed by atoms with Gasteiger partial charge < -0.3 is 10.2 Å². The zero-order valence-electron chi connectivity index (χ0n) is 9.87. The van der Waals surface area contributed by atoms with Gasteiger partial charge in [0.15, 0.2) is 18.4 Å². The normalized spacial score (nSPS) is 20.2. The molecule has 0 aromatic heterocycles. The number of hydrogen-bond acceptors (Lipinski definition) is 1. The van der Waals surface area contributed by atoms with Gasteiger partial charge >= 0.3 is 0 Å². The van der Waals surface area contributed by atoms with Crippen molar-refractivity contribution in [2.45, 2.75) is 13.3 Å². The molecule has 1 aromatic carbocycles. The quantitative estimate of drug-likeness (QED) is 0.807. The van der Waals surface area contributed by atoms with Gasteiger partial charge in [0.2, 0.25) is 0 Å². The molecular weight excluding hydrogens is 254 g/mol. The molecule has 1 aliphatic rings. The van der Waals surface area contributed by atoms with Crippen molar-refractivity contribution in [3.8, 4) is 0 Å². The predicted molar refractivity (Wildman–Crippen MR) is 75.5 cm³/mol. The number of rotatable bonds is 3. The standard InChI is InChI=1S/C12H16ClN3S/c1-2-7-15-8-14-12(17)16(9-15)11-6-4-3-5-10(11)13/h3-6H,2,7-9H2,1H3,(H,14,17)/p+1. The van der Waals surface area contributed by atoms with E-state index in [2.05, 4.69) is 17.1 Å². The molecule has 5 heteroatoms. The van der Waals surface area contributed by atoms with Crippen LogP contribution in [0.2, 0.25) is 5.02 Å². The Bertz CT molecular complexity index is 410. The molecule has 0 spiro atoms. The fraction of sp³-hybridized carbons (Fsp3) is 0.417. The molecule has 17 heavy (non-hydrogen) atoms. The Morgan fingerprint density at radius 1 is 1.47 bits per heavy atom. The van der Waals surface area contributed by atoms with Crippen molar-refractivity contribution < 1.29 is 4.90 Å². The van der Waals surface area contributed by atoms with Gasteiger partial charge in [-0.2, -0.15) is 0 Å². The van der Waals surface area contributed by atoms with Gasteiger partial charge in [-0.15, -0.1) is 0 Å². The lowest BCUT2D eigenvalue weighted by atomic mass is 10.3. The first-order valence-corrected chi connectivity index (χ1v) is 6.64. The highest BCUT2D eigenvalue weighted by Gasteiger charge is 2.25. The van der Waals surface area contributed by atoms with E-state index in [9.17, 15) is 0 Å². The van der Waals surface area contributed by atoms with Crippen molar-refractivity contribution in [1.82, 2.24) is 5.32 Å². The molecule has 0 bridgehead atoms. The number of halogens is 1. The van der Waals surface area contributed by atoms with E-state index in [4.69, 9.17) is 23.8 Å². The molecule has 1 aromatic rings. The summed E-state index contributed by atoms with van der Waals surface area (Å²) in [6.45, 7) is 5.10. The molecule has 0 saturated carbocycles. The van der Waals surface area contributed by atoms with Crippen LogP contribution < -0.4 is 15.1 Å². The van der Waals surface area contributed by atoms with Crippen LogP contribution >= 0.6 is 23.8 Å². The molecule has 0 aliphatic carbocycles. The highest BCUT2D eigenvalue weighted by molar-refractivity contribution is 7.80. The molecule has 0 radical (unpaired) electrons. The van der Waals surface area contributed by atoms with Crippen LogP contribution in [-0.4, -0.2) is 25.0 Å². The Morgan fingerprint density at radius 3 is 2.94 bits per heavy atom. The van der Waals surface area contributed by atoms with Gasteiger partial charge in [0, 0.05) is 0 Å². The lowest BCUT2D eigenvalue weighted by molar-refractivity contribution is -0.903. The van der Waals surface area contributed by atoms with E-state index in [1.807, 2.05) is 24.3 Å². The predicted octanol–water partition coefficient (Wildman–Crippen LogP) is 1.24. The molecule has 1 unspecified atom stereocenters. The average molecular weight is 271 g/mol. The van der Waals surface area contributed by atoms with Crippen molar-refractivity contribution in [1.29, 1.82) is 0 Å². The van der Waals surface area contributed by atoms with Crippen LogP contribution in [0, 0.1) is 0 Å². The molecule has 1 fully saturated rings. The molecule has 1 atom stereocenters. The monoisotopic (exact) mass is 270 g/mol. The molecule has 3 nitrogen and oxygen atoms in total. The summed E-state index contributed by atoms with van der Waals surface area (Å²) in [5.74, 6) is 0. The van der Waals surface area contributed by atoms with Gasteiger partial charge in [-0.1, -0.05) is 30.7 Å². The summed E-state index contributed by atoms with van der Waals surface area (Å²) in [5, 5.41) is 4.76. The van der Waals surface area contributed by atoms with Crippen molar-refractivity contribution in [3.63, 3.8) is 0 Å². The number of quaternary nitrogens is 1. The van der Waals surface area contributed by atoms with E-state index in [1.54, 1.807) is 0 Å². The fourth-order valence-electron chi connectivity index (χ4n) is 2.03. The smallest absolute Gasteiger partial charge is 0.182 e. The van der Waals surface area contributed by atoms with E-state index in [-0.39, 0.29) is 0 Å². The molecule has 1 saturated heterocycles. The Kier molecular flexibility index (Phi) is 4.20. The first kappa shape index (κ1) is 12.6. The number of nitrogens with zero attached hydrogens (tertiary/aromatic N) is 1. The van der Waals surface area contributed by atoms with Crippen LogP contribution in [0.3, 0.4) is 0 Å². The largest absolute Gasteiger partial charge is 0.315 e. The summed E-state index contributed by atoms with van der Waals surface area (Å²) < 4.78 is 0. The fourth-order valence-corrected chi connectivity index (χ4v) is 2.51. The van der Waals surface area contributed by atoms with E-state index >= 15 is 0 Å². The van der Waals surface area contributed by atoms with Gasteiger partial charge in [-0.05, 0) is 30.8 Å².